The molecule has 0 fully saturated rings. The van der Waals surface area contributed by atoms with Crippen molar-refractivity contribution in [1.29, 1.82) is 0 Å². The van der Waals surface area contributed by atoms with Crippen LogP contribution in [0.2, 0.25) is 0 Å². The van der Waals surface area contributed by atoms with Crippen LogP contribution < -0.4 is 11.1 Å². The van der Waals surface area contributed by atoms with Gasteiger partial charge in [-0.2, -0.15) is 5.10 Å². The smallest absolute Gasteiger partial charge is 0.263 e. The summed E-state index contributed by atoms with van der Waals surface area (Å²) >= 11 is 1.34. The number of hydrogen-bond acceptors (Lipinski definition) is 5. The first-order chi connectivity index (χ1) is 8.95. The third-order valence-electron chi connectivity index (χ3n) is 3.03. The highest BCUT2D eigenvalue weighted by Gasteiger charge is 2.21. The Balaban J connectivity index is 2.33. The molecule has 6 nitrogen and oxygen atoms in total. The highest BCUT2D eigenvalue weighted by atomic mass is 32.1. The van der Waals surface area contributed by atoms with Gasteiger partial charge in [0.2, 0.25) is 0 Å². The van der Waals surface area contributed by atoms with Gasteiger partial charge < -0.3 is 16.2 Å². The molecule has 0 radical (unpaired) electrons. The van der Waals surface area contributed by atoms with Gasteiger partial charge in [-0.05, 0) is 20.3 Å². The molecule has 1 atom stereocenters. The van der Waals surface area contributed by atoms with Gasteiger partial charge in [0.25, 0.3) is 5.91 Å². The monoisotopic (exact) mass is 282 g/mol. The first-order valence-electron chi connectivity index (χ1n) is 6.09. The standard InChI is InChI=1S/C12H18N4O2S/c1-6(4-5-17)14-11(18)10-9(13)8-7(2)15-16(3)12(8)19-10/h6,17H,4-5,13H2,1-3H3,(H,14,18). The number of anilines is 1. The number of hydrogen-bond donors (Lipinski definition) is 3. The van der Waals surface area contributed by atoms with E-state index in [-0.39, 0.29) is 18.6 Å². The number of carbonyl (C=O) groups excluding carboxylic acids is 1. The fourth-order valence-electron chi connectivity index (χ4n) is 2.05. The minimum atomic E-state index is -0.195. The summed E-state index contributed by atoms with van der Waals surface area (Å²) in [5.41, 5.74) is 7.36. The Morgan fingerprint density at radius 1 is 1.63 bits per heavy atom. The lowest BCUT2D eigenvalue weighted by molar-refractivity contribution is 0.0939. The minimum Gasteiger partial charge on any atom is -0.397 e. The molecule has 0 saturated heterocycles. The molecule has 0 aliphatic rings. The van der Waals surface area contributed by atoms with Gasteiger partial charge in [0.1, 0.15) is 9.71 Å². The number of aryl methyl sites for hydroxylation is 2. The summed E-state index contributed by atoms with van der Waals surface area (Å²) in [5.74, 6) is -0.195. The first kappa shape index (κ1) is 13.8. The topological polar surface area (TPSA) is 93.2 Å². The summed E-state index contributed by atoms with van der Waals surface area (Å²) < 4.78 is 1.74. The minimum absolute atomic E-state index is 0.0480. The van der Waals surface area contributed by atoms with Crippen molar-refractivity contribution in [3.8, 4) is 0 Å². The largest absolute Gasteiger partial charge is 0.397 e. The molecule has 0 aliphatic carbocycles. The predicted octanol–water partition coefficient (Wildman–Crippen LogP) is 1.03. The van der Waals surface area contributed by atoms with E-state index in [0.29, 0.717) is 17.0 Å². The van der Waals surface area contributed by atoms with Crippen LogP contribution in [0.3, 0.4) is 0 Å². The first-order valence-corrected chi connectivity index (χ1v) is 6.90. The number of rotatable bonds is 4. The number of aromatic nitrogens is 2. The molecule has 104 valence electrons. The fourth-order valence-corrected chi connectivity index (χ4v) is 3.14. The number of nitrogens with zero attached hydrogens (tertiary/aromatic N) is 2. The zero-order valence-corrected chi connectivity index (χ0v) is 12.0. The van der Waals surface area contributed by atoms with E-state index in [1.54, 1.807) is 4.68 Å². The molecule has 0 spiro atoms. The van der Waals surface area contributed by atoms with Crippen LogP contribution in [0.4, 0.5) is 5.69 Å². The highest BCUT2D eigenvalue weighted by molar-refractivity contribution is 7.21. The zero-order valence-electron chi connectivity index (χ0n) is 11.2. The third kappa shape index (κ3) is 2.43. The molecule has 1 unspecified atom stereocenters. The molecule has 2 rings (SSSR count). The molecule has 4 N–H and O–H groups in total. The Hall–Kier alpha value is -1.60. The van der Waals surface area contributed by atoms with E-state index in [1.807, 2.05) is 20.9 Å². The second-order valence-electron chi connectivity index (χ2n) is 4.62. The Bertz CT molecular complexity index is 617. The van der Waals surface area contributed by atoms with Crippen LogP contribution in [0.5, 0.6) is 0 Å². The van der Waals surface area contributed by atoms with Gasteiger partial charge in [-0.3, -0.25) is 9.48 Å². The predicted molar refractivity (Wildman–Crippen MR) is 76.4 cm³/mol. The lowest BCUT2D eigenvalue weighted by Gasteiger charge is -2.11. The molecule has 1 amide bonds. The molecule has 7 heteroatoms. The van der Waals surface area contributed by atoms with Crippen LogP contribution in [-0.4, -0.2) is 33.4 Å². The van der Waals surface area contributed by atoms with Crippen LogP contribution in [-0.2, 0) is 7.05 Å². The van der Waals surface area contributed by atoms with E-state index >= 15 is 0 Å². The number of fused-ring (bicyclic) bond motifs is 1. The van der Waals surface area contributed by atoms with Crippen LogP contribution in [0, 0.1) is 6.92 Å². The van der Waals surface area contributed by atoms with Crippen molar-refractivity contribution in [3.63, 3.8) is 0 Å². The Kier molecular flexibility index (Phi) is 3.77. The van der Waals surface area contributed by atoms with Crippen LogP contribution in [0.1, 0.15) is 28.7 Å². The summed E-state index contributed by atoms with van der Waals surface area (Å²) in [6.45, 7) is 3.78. The zero-order chi connectivity index (χ0) is 14.2. The van der Waals surface area contributed by atoms with E-state index in [2.05, 4.69) is 10.4 Å². The van der Waals surface area contributed by atoms with Gasteiger partial charge in [0, 0.05) is 19.7 Å². The quantitative estimate of drug-likeness (QED) is 0.780. The number of aliphatic hydroxyl groups excluding tert-OH is 1. The Morgan fingerprint density at radius 2 is 2.32 bits per heavy atom. The van der Waals surface area contributed by atoms with E-state index in [4.69, 9.17) is 10.8 Å². The maximum Gasteiger partial charge on any atom is 0.263 e. The molecular formula is C12H18N4O2S. The highest BCUT2D eigenvalue weighted by Crippen LogP contribution is 2.35. The molecule has 0 bridgehead atoms. The summed E-state index contributed by atoms with van der Waals surface area (Å²) in [5, 5.41) is 16.8. The number of amides is 1. The molecule has 2 aromatic rings. The molecule has 0 saturated carbocycles. The molecule has 0 aliphatic heterocycles. The van der Waals surface area contributed by atoms with Crippen molar-refractivity contribution in [2.45, 2.75) is 26.3 Å². The van der Waals surface area contributed by atoms with Crippen molar-refractivity contribution >= 4 is 33.1 Å². The van der Waals surface area contributed by atoms with Gasteiger partial charge in [-0.15, -0.1) is 11.3 Å². The van der Waals surface area contributed by atoms with Crippen LogP contribution in [0.15, 0.2) is 0 Å². The second kappa shape index (κ2) is 5.18. The van der Waals surface area contributed by atoms with E-state index in [0.717, 1.165) is 15.9 Å². The molecule has 0 aromatic carbocycles. The second-order valence-corrected chi connectivity index (χ2v) is 5.62. The van der Waals surface area contributed by atoms with Crippen LogP contribution >= 0.6 is 11.3 Å². The number of nitrogen functional groups attached to an aromatic ring is 1. The SMILES string of the molecule is Cc1nn(C)c2sc(C(=O)NC(C)CCO)c(N)c12. The van der Waals surface area contributed by atoms with E-state index in [1.165, 1.54) is 11.3 Å². The van der Waals surface area contributed by atoms with Gasteiger partial charge >= 0.3 is 0 Å². The fraction of sp³-hybridized carbons (Fsp3) is 0.500. The summed E-state index contributed by atoms with van der Waals surface area (Å²) in [6.07, 6.45) is 0.525. The number of nitrogens with two attached hydrogens (primary N) is 1. The lowest BCUT2D eigenvalue weighted by Crippen LogP contribution is -2.33. The maximum atomic E-state index is 12.1. The van der Waals surface area contributed by atoms with Crippen molar-refractivity contribution in [2.24, 2.45) is 7.05 Å². The maximum absolute atomic E-state index is 12.1. The summed E-state index contributed by atoms with van der Waals surface area (Å²) in [4.78, 5) is 13.6. The number of carbonyl (C=O) groups is 1. The van der Waals surface area contributed by atoms with Crippen molar-refractivity contribution in [2.75, 3.05) is 12.3 Å². The summed E-state index contributed by atoms with van der Waals surface area (Å²) in [6, 6.07) is -0.0821. The number of thiophene rings is 1. The van der Waals surface area contributed by atoms with E-state index < -0.39 is 0 Å². The molecular weight excluding hydrogens is 264 g/mol. The van der Waals surface area contributed by atoms with Crippen molar-refractivity contribution in [3.05, 3.63) is 10.6 Å². The van der Waals surface area contributed by atoms with Gasteiger partial charge in [0.05, 0.1) is 16.8 Å². The van der Waals surface area contributed by atoms with Gasteiger partial charge in [-0.1, -0.05) is 0 Å². The Labute approximate surface area is 115 Å². The average molecular weight is 282 g/mol. The number of nitrogens with one attached hydrogen (secondary N) is 1. The molecule has 2 heterocycles. The average Bonchev–Trinajstić information content (AvgIpc) is 2.79. The van der Waals surface area contributed by atoms with E-state index in [9.17, 15) is 4.79 Å². The van der Waals surface area contributed by atoms with Gasteiger partial charge in [-0.25, -0.2) is 0 Å². The third-order valence-corrected chi connectivity index (χ3v) is 4.30. The van der Waals surface area contributed by atoms with Crippen LogP contribution in [0.25, 0.3) is 10.2 Å². The molecule has 2 aromatic heterocycles. The van der Waals surface area contributed by atoms with Crippen molar-refractivity contribution in [1.82, 2.24) is 15.1 Å². The summed E-state index contributed by atoms with van der Waals surface area (Å²) in [7, 11) is 1.83. The van der Waals surface area contributed by atoms with Crippen molar-refractivity contribution < 1.29 is 9.90 Å². The normalized spacial score (nSPS) is 12.8. The molecule has 19 heavy (non-hydrogen) atoms. The lowest BCUT2D eigenvalue weighted by atomic mass is 10.2. The van der Waals surface area contributed by atoms with Gasteiger partial charge in [0.15, 0.2) is 0 Å². The number of aliphatic hydroxyl groups is 1. The Morgan fingerprint density at radius 3 is 2.89 bits per heavy atom.